The molecule has 1 aliphatic rings. The van der Waals surface area contributed by atoms with Gasteiger partial charge in [-0.25, -0.2) is 4.98 Å². The van der Waals surface area contributed by atoms with E-state index in [0.717, 1.165) is 36.4 Å². The molecule has 1 aliphatic heterocycles. The van der Waals surface area contributed by atoms with Crippen molar-refractivity contribution in [3.05, 3.63) is 24.7 Å². The lowest BCUT2D eigenvalue weighted by atomic mass is 10.4. The fourth-order valence-corrected chi connectivity index (χ4v) is 5.46. The van der Waals surface area contributed by atoms with Crippen molar-refractivity contribution in [1.29, 1.82) is 0 Å². The number of imidazole rings is 1. The van der Waals surface area contributed by atoms with Crippen molar-refractivity contribution in [2.45, 2.75) is 0 Å². The van der Waals surface area contributed by atoms with Gasteiger partial charge < -0.3 is 18.6 Å². The Balaban J connectivity index is 2.10. The molecule has 19 heavy (non-hydrogen) atoms. The van der Waals surface area contributed by atoms with Crippen molar-refractivity contribution < 1.29 is 9.30 Å². The fourth-order valence-electron chi connectivity index (χ4n) is 2.53. The number of methoxy groups -OCH3 is 1. The molecule has 0 radical (unpaired) electrons. The highest BCUT2D eigenvalue weighted by atomic mass is 31.2. The van der Waals surface area contributed by atoms with Crippen molar-refractivity contribution in [1.82, 2.24) is 14.3 Å². The van der Waals surface area contributed by atoms with Gasteiger partial charge >= 0.3 is 0 Å². The molecule has 2 aromatic rings. The minimum absolute atomic E-state index is 0.701. The van der Waals surface area contributed by atoms with Crippen LogP contribution in [0.4, 0.5) is 0 Å². The number of rotatable bonds is 2. The first kappa shape index (κ1) is 12.7. The lowest BCUT2D eigenvalue weighted by molar-refractivity contribution is 0.360. The van der Waals surface area contributed by atoms with Crippen LogP contribution in [-0.2, 0) is 4.57 Å². The molecule has 1 saturated heterocycles. The van der Waals surface area contributed by atoms with Gasteiger partial charge in [-0.2, -0.15) is 0 Å². The topological polar surface area (TPSA) is 46.8 Å². The molecule has 0 spiro atoms. The Morgan fingerprint density at radius 3 is 2.79 bits per heavy atom. The molecule has 2 aromatic heterocycles. The second kappa shape index (κ2) is 4.66. The molecule has 3 heterocycles. The van der Waals surface area contributed by atoms with Crippen LogP contribution in [-0.4, -0.2) is 53.9 Å². The summed E-state index contributed by atoms with van der Waals surface area (Å²) in [4.78, 5) is 6.45. The monoisotopic (exact) mass is 279 g/mol. The average molecular weight is 279 g/mol. The van der Waals surface area contributed by atoms with Crippen LogP contribution < -0.4 is 10.0 Å². The summed E-state index contributed by atoms with van der Waals surface area (Å²) in [5.74, 6) is 0.701. The number of ether oxygens (including phenoxy) is 1. The fraction of sp³-hybridized carbons (Fsp3) is 0.462. The predicted octanol–water partition coefficient (Wildman–Crippen LogP) is 1.28. The van der Waals surface area contributed by atoms with Crippen LogP contribution in [0.5, 0.6) is 5.75 Å². The first-order chi connectivity index (χ1) is 9.12. The van der Waals surface area contributed by atoms with E-state index in [9.17, 15) is 4.57 Å². The molecular formula is C13H18N3O2P. The van der Waals surface area contributed by atoms with Crippen LogP contribution in [0, 0.1) is 0 Å². The Morgan fingerprint density at radius 1 is 1.37 bits per heavy atom. The van der Waals surface area contributed by atoms with Crippen molar-refractivity contribution in [2.24, 2.45) is 0 Å². The highest BCUT2D eigenvalue weighted by molar-refractivity contribution is 7.71. The molecule has 0 unspecified atom stereocenters. The van der Waals surface area contributed by atoms with Gasteiger partial charge in [0, 0.05) is 50.1 Å². The Kier molecular flexibility index (Phi) is 3.11. The van der Waals surface area contributed by atoms with Gasteiger partial charge in [-0.15, -0.1) is 0 Å². The van der Waals surface area contributed by atoms with E-state index >= 15 is 0 Å². The molecule has 6 heteroatoms. The minimum atomic E-state index is -2.35. The van der Waals surface area contributed by atoms with Crippen molar-refractivity contribution in [3.63, 3.8) is 0 Å². The Bertz CT molecular complexity index is 640. The summed E-state index contributed by atoms with van der Waals surface area (Å²) < 4.78 is 20.5. The average Bonchev–Trinajstić information content (AvgIpc) is 2.88. The van der Waals surface area contributed by atoms with E-state index in [1.165, 1.54) is 0 Å². The van der Waals surface area contributed by atoms with Crippen LogP contribution in [0.25, 0.3) is 5.65 Å². The molecule has 0 N–H and O–H groups in total. The molecule has 0 amide bonds. The summed E-state index contributed by atoms with van der Waals surface area (Å²) in [5.41, 5.74) is 0.821. The lowest BCUT2D eigenvalue weighted by Crippen LogP contribution is -2.34. The number of hydrogen-bond acceptors (Lipinski definition) is 4. The number of pyridine rings is 1. The second-order valence-electron chi connectivity index (χ2n) is 5.06. The highest BCUT2D eigenvalue weighted by Gasteiger charge is 2.32. The largest absolute Gasteiger partial charge is 0.496 e. The zero-order valence-corrected chi connectivity index (χ0v) is 12.1. The zero-order chi connectivity index (χ0) is 13.5. The standard InChI is InChI=1S/C13H18N3O2P/c1-15-5-7-19(17,8-6-15)12-10-16-4-3-14-13(16)9-11(12)18-2/h3-4,9-10H,5-8H2,1-2H3. The van der Waals surface area contributed by atoms with E-state index in [1.54, 1.807) is 13.3 Å². The summed E-state index contributed by atoms with van der Waals surface area (Å²) in [6.07, 6.45) is 6.98. The minimum Gasteiger partial charge on any atom is -0.496 e. The normalized spacial score (nSPS) is 19.7. The molecule has 0 aromatic carbocycles. The van der Waals surface area contributed by atoms with Crippen molar-refractivity contribution >= 4 is 18.1 Å². The zero-order valence-electron chi connectivity index (χ0n) is 11.2. The maximum atomic E-state index is 13.2. The van der Waals surface area contributed by atoms with Crippen LogP contribution in [0.3, 0.4) is 0 Å². The van der Waals surface area contributed by atoms with Crippen molar-refractivity contribution in [3.8, 4) is 5.75 Å². The molecule has 0 atom stereocenters. The van der Waals surface area contributed by atoms with Crippen molar-refractivity contribution in [2.75, 3.05) is 39.6 Å². The third kappa shape index (κ3) is 2.17. The number of nitrogens with zero attached hydrogens (tertiary/aromatic N) is 3. The summed E-state index contributed by atoms with van der Waals surface area (Å²) in [7, 11) is 1.34. The molecule has 3 rings (SSSR count). The smallest absolute Gasteiger partial charge is 0.140 e. The number of aromatic nitrogens is 2. The van der Waals surface area contributed by atoms with Crippen LogP contribution in [0.2, 0.25) is 0 Å². The van der Waals surface area contributed by atoms with Gasteiger partial charge in [-0.3, -0.25) is 0 Å². The first-order valence-electron chi connectivity index (χ1n) is 6.40. The van der Waals surface area contributed by atoms with Crippen LogP contribution in [0.15, 0.2) is 24.7 Å². The SMILES string of the molecule is COc1cc2nccn2cc1P1(=O)CCN(C)CC1. The van der Waals surface area contributed by atoms with E-state index in [2.05, 4.69) is 16.9 Å². The van der Waals surface area contributed by atoms with E-state index in [4.69, 9.17) is 4.74 Å². The Hall–Kier alpha value is -1.32. The third-order valence-corrected chi connectivity index (χ3v) is 6.88. The molecule has 5 nitrogen and oxygen atoms in total. The van der Waals surface area contributed by atoms with Gasteiger partial charge in [0.2, 0.25) is 0 Å². The van der Waals surface area contributed by atoms with Gasteiger partial charge in [0.25, 0.3) is 0 Å². The Morgan fingerprint density at radius 2 is 2.11 bits per heavy atom. The number of fused-ring (bicyclic) bond motifs is 1. The lowest BCUT2D eigenvalue weighted by Gasteiger charge is -2.30. The second-order valence-corrected chi connectivity index (χ2v) is 8.21. The summed E-state index contributed by atoms with van der Waals surface area (Å²) in [5, 5.41) is 0.855. The molecule has 0 bridgehead atoms. The third-order valence-electron chi connectivity index (χ3n) is 3.82. The maximum absolute atomic E-state index is 13.2. The van der Waals surface area contributed by atoms with Gasteiger partial charge in [-0.05, 0) is 7.05 Å². The van der Waals surface area contributed by atoms with Gasteiger partial charge in [0.05, 0.1) is 12.4 Å². The highest BCUT2D eigenvalue weighted by Crippen LogP contribution is 2.48. The first-order valence-corrected chi connectivity index (χ1v) is 8.48. The summed E-state index contributed by atoms with van der Waals surface area (Å²) in [6, 6.07) is 1.87. The quantitative estimate of drug-likeness (QED) is 0.777. The van der Waals surface area contributed by atoms with E-state index in [0.29, 0.717) is 5.75 Å². The summed E-state index contributed by atoms with van der Waals surface area (Å²) in [6.45, 7) is 1.75. The molecule has 0 aliphatic carbocycles. The molecular weight excluding hydrogens is 261 g/mol. The number of hydrogen-bond donors (Lipinski definition) is 0. The molecule has 1 fully saturated rings. The van der Waals surface area contributed by atoms with Gasteiger partial charge in [0.1, 0.15) is 18.5 Å². The van der Waals surface area contributed by atoms with Crippen LogP contribution >= 0.6 is 7.14 Å². The van der Waals surface area contributed by atoms with E-state index in [1.807, 2.05) is 22.9 Å². The molecule has 102 valence electrons. The van der Waals surface area contributed by atoms with Crippen LogP contribution in [0.1, 0.15) is 0 Å². The van der Waals surface area contributed by atoms with E-state index < -0.39 is 7.14 Å². The maximum Gasteiger partial charge on any atom is 0.140 e. The van der Waals surface area contributed by atoms with Gasteiger partial charge in [0.15, 0.2) is 0 Å². The van der Waals surface area contributed by atoms with Gasteiger partial charge in [-0.1, -0.05) is 0 Å². The molecule has 0 saturated carbocycles. The van der Waals surface area contributed by atoms with E-state index in [-0.39, 0.29) is 0 Å². The summed E-state index contributed by atoms with van der Waals surface area (Å²) >= 11 is 0. The Labute approximate surface area is 112 Å². The predicted molar refractivity (Wildman–Crippen MR) is 76.2 cm³/mol.